The summed E-state index contributed by atoms with van der Waals surface area (Å²) in [7, 11) is -4.57. The summed E-state index contributed by atoms with van der Waals surface area (Å²) in [5, 5.41) is 0. The molecule has 0 aliphatic rings. The van der Waals surface area contributed by atoms with Crippen molar-refractivity contribution in [3.63, 3.8) is 0 Å². The van der Waals surface area contributed by atoms with Crippen molar-refractivity contribution in [2.75, 3.05) is 0 Å². The Balaban J connectivity index is 0.0000102. The molecule has 0 spiro atoms. The van der Waals surface area contributed by atoms with Crippen LogP contribution in [0.25, 0.3) is 0 Å². The number of hydrogen-bond acceptors (Lipinski definition) is 4. The molecule has 186 valence electrons. The van der Waals surface area contributed by atoms with Crippen LogP contribution in [0.4, 0.5) is 0 Å². The van der Waals surface area contributed by atoms with Crippen LogP contribution in [-0.4, -0.2) is 17.9 Å². The number of rotatable bonds is 19. The largest absolute Gasteiger partial charge is 1.00 e. The number of ether oxygens (including phenoxy) is 1. The van der Waals surface area contributed by atoms with Gasteiger partial charge in [0.1, 0.15) is 15.9 Å². The van der Waals surface area contributed by atoms with E-state index in [9.17, 15) is 13.0 Å². The van der Waals surface area contributed by atoms with Gasteiger partial charge in [0.05, 0.1) is 0 Å². The van der Waals surface area contributed by atoms with Crippen LogP contribution in [0.5, 0.6) is 5.75 Å². The summed E-state index contributed by atoms with van der Waals surface area (Å²) < 4.78 is 40.9. The predicted molar refractivity (Wildman–Crippen MR) is 134 cm³/mol. The Morgan fingerprint density at radius 2 is 1.21 bits per heavy atom. The second-order valence-electron chi connectivity index (χ2n) is 9.64. The fourth-order valence-electron chi connectivity index (χ4n) is 3.93. The summed E-state index contributed by atoms with van der Waals surface area (Å²) in [6.07, 6.45) is 19.2. The second-order valence-corrected chi connectivity index (χ2v) is 11.5. The van der Waals surface area contributed by atoms with Gasteiger partial charge in [0.2, 0.25) is 0 Å². The van der Waals surface area contributed by atoms with E-state index in [0.29, 0.717) is 5.75 Å². The van der Waals surface area contributed by atoms with Gasteiger partial charge in [0, 0.05) is 0 Å². The zero-order chi connectivity index (χ0) is 23.9. The molecule has 6 heteroatoms. The molecule has 0 aliphatic heterocycles. The van der Waals surface area contributed by atoms with Gasteiger partial charge in [-0.2, -0.15) is 0 Å². The zero-order valence-corrected chi connectivity index (χ0v) is 24.9. The molecule has 0 saturated carbocycles. The molecule has 0 aromatic heterocycles. The van der Waals surface area contributed by atoms with Gasteiger partial charge >= 0.3 is 29.6 Å². The predicted octanol–water partition coefficient (Wildman–Crippen LogP) is 4.94. The molecule has 1 aromatic carbocycles. The van der Waals surface area contributed by atoms with E-state index < -0.39 is 15.1 Å². The first-order valence-corrected chi connectivity index (χ1v) is 14.4. The maximum absolute atomic E-state index is 11.7. The van der Waals surface area contributed by atoms with E-state index in [4.69, 9.17) is 4.74 Å². The standard InChI is InChI=1S/C27H48O4S.Na/c1-5-7-9-11-13-15-17-19-24-21-22-25(20-18-16-14-12-10-8-6-2)26(23-24)31-27(3,4)32(28,29)30;/h21-23H,5-20H2,1-4H3,(H,28,29,30);/q;+1/p-1. The smallest absolute Gasteiger partial charge is 0.745 e. The van der Waals surface area contributed by atoms with Crippen molar-refractivity contribution in [1.29, 1.82) is 0 Å². The van der Waals surface area contributed by atoms with Gasteiger partial charge in [0.25, 0.3) is 0 Å². The molecule has 0 amide bonds. The molecule has 0 aliphatic carbocycles. The quantitative estimate of drug-likeness (QED) is 0.157. The van der Waals surface area contributed by atoms with Gasteiger partial charge in [-0.05, 0) is 56.7 Å². The normalized spacial score (nSPS) is 11.9. The number of aryl methyl sites for hydroxylation is 2. The molecule has 0 N–H and O–H groups in total. The van der Waals surface area contributed by atoms with Crippen molar-refractivity contribution in [3.05, 3.63) is 29.3 Å². The Morgan fingerprint density at radius 3 is 1.70 bits per heavy atom. The minimum absolute atomic E-state index is 0. The summed E-state index contributed by atoms with van der Waals surface area (Å²) >= 11 is 0. The SMILES string of the molecule is CCCCCCCCCc1ccc(CCCCCCCCC)c(OC(C)(C)S(=O)(=O)[O-])c1.[Na+]. The van der Waals surface area contributed by atoms with Gasteiger partial charge < -0.3 is 9.29 Å². The number of hydrogen-bond donors (Lipinski definition) is 0. The average Bonchev–Trinajstić information content (AvgIpc) is 2.72. The van der Waals surface area contributed by atoms with Crippen molar-refractivity contribution < 1.29 is 47.3 Å². The third-order valence-corrected chi connectivity index (χ3v) is 7.50. The van der Waals surface area contributed by atoms with Gasteiger partial charge in [-0.1, -0.05) is 103 Å². The van der Waals surface area contributed by atoms with E-state index in [-0.39, 0.29) is 29.6 Å². The maximum atomic E-state index is 11.7. The van der Waals surface area contributed by atoms with E-state index >= 15 is 0 Å². The molecule has 0 unspecified atom stereocenters. The molecule has 0 fully saturated rings. The Morgan fingerprint density at radius 1 is 0.758 bits per heavy atom. The van der Waals surface area contributed by atoms with E-state index in [0.717, 1.165) is 43.2 Å². The number of unbranched alkanes of at least 4 members (excludes halogenated alkanes) is 12. The third-order valence-electron chi connectivity index (χ3n) is 6.21. The summed E-state index contributed by atoms with van der Waals surface area (Å²) in [6.45, 7) is 7.14. The minimum atomic E-state index is -4.57. The summed E-state index contributed by atoms with van der Waals surface area (Å²) in [4.78, 5) is -1.78. The molecular weight excluding hydrogens is 443 g/mol. The minimum Gasteiger partial charge on any atom is -0.745 e. The average molecular weight is 491 g/mol. The molecule has 0 saturated heterocycles. The van der Waals surface area contributed by atoms with Crippen molar-refractivity contribution >= 4 is 10.1 Å². The van der Waals surface area contributed by atoms with Crippen LogP contribution in [0, 0.1) is 0 Å². The summed E-state index contributed by atoms with van der Waals surface area (Å²) in [6, 6.07) is 6.16. The van der Waals surface area contributed by atoms with Crippen LogP contribution < -0.4 is 34.3 Å². The molecule has 4 nitrogen and oxygen atoms in total. The molecular formula is C27H47NaO4S. The summed E-state index contributed by atoms with van der Waals surface area (Å²) in [5.41, 5.74) is 2.15. The van der Waals surface area contributed by atoms with E-state index in [2.05, 4.69) is 26.0 Å². The van der Waals surface area contributed by atoms with Crippen LogP contribution in [0.3, 0.4) is 0 Å². The molecule has 0 heterocycles. The number of benzene rings is 1. The third kappa shape index (κ3) is 14.2. The molecule has 33 heavy (non-hydrogen) atoms. The fraction of sp³-hybridized carbons (Fsp3) is 0.778. The molecule has 0 bridgehead atoms. The molecule has 1 aromatic rings. The first-order valence-electron chi connectivity index (χ1n) is 13.0. The molecule has 1 rings (SSSR count). The zero-order valence-electron chi connectivity index (χ0n) is 22.1. The van der Waals surface area contributed by atoms with Crippen molar-refractivity contribution in [3.8, 4) is 5.75 Å². The molecule has 0 atom stereocenters. The Labute approximate surface area is 226 Å². The Bertz CT molecular complexity index is 732. The maximum Gasteiger partial charge on any atom is 1.00 e. The van der Waals surface area contributed by atoms with Gasteiger partial charge in [-0.3, -0.25) is 0 Å². The van der Waals surface area contributed by atoms with Gasteiger partial charge in [-0.25, -0.2) is 8.42 Å². The second kappa shape index (κ2) is 18.2. The van der Waals surface area contributed by atoms with Gasteiger partial charge in [0.15, 0.2) is 4.93 Å². The van der Waals surface area contributed by atoms with Crippen LogP contribution in [0.15, 0.2) is 18.2 Å². The topological polar surface area (TPSA) is 66.4 Å². The molecule has 0 radical (unpaired) electrons. The van der Waals surface area contributed by atoms with Crippen LogP contribution in [-0.2, 0) is 23.0 Å². The van der Waals surface area contributed by atoms with Gasteiger partial charge in [-0.15, -0.1) is 0 Å². The van der Waals surface area contributed by atoms with E-state index in [1.807, 2.05) is 6.07 Å². The first-order chi connectivity index (χ1) is 15.2. The van der Waals surface area contributed by atoms with Crippen molar-refractivity contribution in [2.45, 2.75) is 135 Å². The fourth-order valence-corrected chi connectivity index (χ4v) is 4.12. The summed E-state index contributed by atoms with van der Waals surface area (Å²) in [5.74, 6) is 0.556. The Kier molecular flexibility index (Phi) is 18.2. The first kappa shape index (κ1) is 32.9. The monoisotopic (exact) mass is 490 g/mol. The van der Waals surface area contributed by atoms with Crippen molar-refractivity contribution in [2.24, 2.45) is 0 Å². The van der Waals surface area contributed by atoms with Crippen molar-refractivity contribution in [1.82, 2.24) is 0 Å². The van der Waals surface area contributed by atoms with E-state index in [1.165, 1.54) is 84.5 Å². The van der Waals surface area contributed by atoms with Crippen LogP contribution in [0.2, 0.25) is 0 Å². The Hall–Kier alpha value is -0.0700. The van der Waals surface area contributed by atoms with Crippen LogP contribution >= 0.6 is 0 Å². The van der Waals surface area contributed by atoms with E-state index in [1.54, 1.807) is 0 Å². The van der Waals surface area contributed by atoms with Crippen LogP contribution in [0.1, 0.15) is 129 Å².